The molecule has 37 heavy (non-hydrogen) atoms. The van der Waals surface area contributed by atoms with Crippen LogP contribution in [0.25, 0.3) is 6.08 Å². The number of hydrogen-bond donors (Lipinski definition) is 1. The highest BCUT2D eigenvalue weighted by Gasteiger charge is 2.35. The molecule has 1 saturated heterocycles. The average molecular weight is 624 g/mol. The fourth-order valence-corrected chi connectivity index (χ4v) is 5.10. The maximum atomic E-state index is 13.3. The van der Waals surface area contributed by atoms with E-state index in [1.165, 1.54) is 12.1 Å². The number of rotatable bonds is 7. The van der Waals surface area contributed by atoms with Crippen LogP contribution in [0.4, 0.5) is 14.9 Å². The third-order valence-corrected chi connectivity index (χ3v) is 7.57. The Labute approximate surface area is 234 Å². The van der Waals surface area contributed by atoms with Gasteiger partial charge in [0.05, 0.1) is 15.9 Å². The molecule has 1 fully saturated rings. The van der Waals surface area contributed by atoms with Gasteiger partial charge in [0.2, 0.25) is 0 Å². The number of benzene rings is 3. The van der Waals surface area contributed by atoms with Crippen LogP contribution in [0.1, 0.15) is 16.7 Å². The second-order valence-corrected chi connectivity index (χ2v) is 10.7. The lowest BCUT2D eigenvalue weighted by Crippen LogP contribution is -2.27. The number of imide groups is 1. The molecule has 3 amide bonds. The molecule has 1 aliphatic rings. The second-order valence-electron chi connectivity index (χ2n) is 7.99. The van der Waals surface area contributed by atoms with Crippen LogP contribution in [-0.4, -0.2) is 28.6 Å². The topological polar surface area (TPSA) is 75.7 Å². The molecule has 3 aromatic carbocycles. The van der Waals surface area contributed by atoms with E-state index < -0.39 is 17.0 Å². The summed E-state index contributed by atoms with van der Waals surface area (Å²) in [7, 11) is 0. The van der Waals surface area contributed by atoms with Gasteiger partial charge >= 0.3 is 0 Å². The first-order valence-electron chi connectivity index (χ1n) is 10.8. The second kappa shape index (κ2) is 11.7. The number of halogens is 4. The van der Waals surface area contributed by atoms with Crippen molar-refractivity contribution in [2.24, 2.45) is 0 Å². The number of ether oxygens (including phenoxy) is 1. The van der Waals surface area contributed by atoms with Gasteiger partial charge in [0.15, 0.2) is 6.61 Å². The summed E-state index contributed by atoms with van der Waals surface area (Å²) in [6, 6.07) is 14.1. The number of hydrogen-bond acceptors (Lipinski definition) is 5. The number of aryl methyl sites for hydroxylation is 1. The summed E-state index contributed by atoms with van der Waals surface area (Å²) in [6.07, 6.45) is 1.58. The summed E-state index contributed by atoms with van der Waals surface area (Å²) in [5, 5.41) is 2.96. The molecular formula is C26H18BrCl2FN2O4S. The molecule has 0 bridgehead atoms. The van der Waals surface area contributed by atoms with Crippen LogP contribution < -0.4 is 10.1 Å². The molecule has 4 rings (SSSR count). The number of thioether (sulfide) groups is 1. The predicted molar refractivity (Wildman–Crippen MR) is 147 cm³/mol. The molecule has 3 aromatic rings. The summed E-state index contributed by atoms with van der Waals surface area (Å²) in [4.78, 5) is 38.8. The number of carbonyl (C=O) groups is 3. The van der Waals surface area contributed by atoms with Crippen molar-refractivity contribution in [2.45, 2.75) is 13.5 Å². The molecule has 190 valence electrons. The minimum absolute atomic E-state index is 0.0611. The lowest BCUT2D eigenvalue weighted by Gasteiger charge is -2.13. The summed E-state index contributed by atoms with van der Waals surface area (Å²) in [5.74, 6) is -0.906. The first kappa shape index (κ1) is 27.2. The van der Waals surface area contributed by atoms with Gasteiger partial charge in [-0.2, -0.15) is 0 Å². The van der Waals surface area contributed by atoms with E-state index in [0.717, 1.165) is 28.3 Å². The van der Waals surface area contributed by atoms with Gasteiger partial charge in [0.1, 0.15) is 11.6 Å². The van der Waals surface area contributed by atoms with Crippen LogP contribution in [0, 0.1) is 12.7 Å². The van der Waals surface area contributed by atoms with E-state index in [4.69, 9.17) is 27.9 Å². The standard InChI is InChI=1S/C26H18BrCl2FN2O4S/c1-14-2-6-18(11-20(14)28)31-24(33)13-36-22-7-3-15(8-19(22)27)9-23-25(34)32(26(35)37-23)12-16-4-5-17(30)10-21(16)29/h2-11H,12-13H2,1H3,(H,31,33)/b23-9-. The maximum absolute atomic E-state index is 13.3. The molecule has 11 heteroatoms. The van der Waals surface area contributed by atoms with Gasteiger partial charge in [0.25, 0.3) is 17.1 Å². The van der Waals surface area contributed by atoms with E-state index in [9.17, 15) is 18.8 Å². The van der Waals surface area contributed by atoms with Crippen LogP contribution >= 0.6 is 50.9 Å². The Hall–Kier alpha value is -2.85. The molecule has 0 aliphatic carbocycles. The third kappa shape index (κ3) is 6.73. The number of amides is 3. The smallest absolute Gasteiger partial charge is 0.293 e. The van der Waals surface area contributed by atoms with Crippen LogP contribution in [0.2, 0.25) is 10.0 Å². The summed E-state index contributed by atoms with van der Waals surface area (Å²) in [5.41, 5.74) is 2.57. The van der Waals surface area contributed by atoms with E-state index in [2.05, 4.69) is 21.2 Å². The SMILES string of the molecule is Cc1ccc(NC(=O)COc2ccc(/C=C3\SC(=O)N(Cc4ccc(F)cc4Cl)C3=O)cc2Br)cc1Cl. The Bertz CT molecular complexity index is 1450. The number of nitrogens with zero attached hydrogens (tertiary/aromatic N) is 1. The third-order valence-electron chi connectivity index (χ3n) is 5.29. The zero-order valence-corrected chi connectivity index (χ0v) is 23.1. The monoisotopic (exact) mass is 622 g/mol. The molecular weight excluding hydrogens is 606 g/mol. The van der Waals surface area contributed by atoms with Gasteiger partial charge in [-0.1, -0.05) is 41.4 Å². The van der Waals surface area contributed by atoms with Crippen LogP contribution in [0.15, 0.2) is 64.0 Å². The molecule has 0 spiro atoms. The van der Waals surface area contributed by atoms with Gasteiger partial charge in [-0.25, -0.2) is 4.39 Å². The Balaban J connectivity index is 1.39. The highest BCUT2D eigenvalue weighted by atomic mass is 79.9. The van der Waals surface area contributed by atoms with E-state index in [1.807, 2.05) is 6.92 Å². The number of nitrogens with one attached hydrogen (secondary N) is 1. The van der Waals surface area contributed by atoms with Crippen molar-refractivity contribution in [2.75, 3.05) is 11.9 Å². The van der Waals surface area contributed by atoms with E-state index in [1.54, 1.807) is 42.5 Å². The van der Waals surface area contributed by atoms with Crippen molar-refractivity contribution in [1.82, 2.24) is 4.90 Å². The average Bonchev–Trinajstić information content (AvgIpc) is 3.09. The first-order chi connectivity index (χ1) is 17.6. The molecule has 0 unspecified atom stereocenters. The number of anilines is 1. The fraction of sp³-hybridized carbons (Fsp3) is 0.115. The highest BCUT2D eigenvalue weighted by Crippen LogP contribution is 2.35. The zero-order valence-electron chi connectivity index (χ0n) is 19.2. The van der Waals surface area contributed by atoms with Crippen LogP contribution in [-0.2, 0) is 16.1 Å². The molecule has 0 radical (unpaired) electrons. The van der Waals surface area contributed by atoms with Crippen molar-refractivity contribution in [3.05, 3.63) is 96.5 Å². The predicted octanol–water partition coefficient (Wildman–Crippen LogP) is 7.46. The first-order valence-corrected chi connectivity index (χ1v) is 13.1. The summed E-state index contributed by atoms with van der Waals surface area (Å²) < 4.78 is 19.5. The Morgan fingerprint density at radius 2 is 1.89 bits per heavy atom. The zero-order chi connectivity index (χ0) is 26.7. The van der Waals surface area contributed by atoms with Crippen LogP contribution in [0.5, 0.6) is 5.75 Å². The molecule has 1 N–H and O–H groups in total. The lowest BCUT2D eigenvalue weighted by atomic mass is 10.2. The molecule has 6 nitrogen and oxygen atoms in total. The number of carbonyl (C=O) groups excluding carboxylic acids is 3. The van der Waals surface area contributed by atoms with Crippen molar-refractivity contribution in [3.8, 4) is 5.75 Å². The lowest BCUT2D eigenvalue weighted by molar-refractivity contribution is -0.123. The highest BCUT2D eigenvalue weighted by molar-refractivity contribution is 9.10. The molecule has 1 heterocycles. The quantitative estimate of drug-likeness (QED) is 0.277. The van der Waals surface area contributed by atoms with E-state index >= 15 is 0 Å². The summed E-state index contributed by atoms with van der Waals surface area (Å²) in [6.45, 7) is 1.58. The Kier molecular flexibility index (Phi) is 8.59. The minimum Gasteiger partial charge on any atom is -0.483 e. The largest absolute Gasteiger partial charge is 0.483 e. The van der Waals surface area contributed by atoms with E-state index in [0.29, 0.717) is 32.1 Å². The minimum atomic E-state index is -0.502. The van der Waals surface area contributed by atoms with Crippen molar-refractivity contribution in [3.63, 3.8) is 0 Å². The van der Waals surface area contributed by atoms with Crippen molar-refractivity contribution < 1.29 is 23.5 Å². The molecule has 0 saturated carbocycles. The van der Waals surface area contributed by atoms with Gasteiger partial charge < -0.3 is 10.1 Å². The van der Waals surface area contributed by atoms with Crippen molar-refractivity contribution >= 4 is 79.7 Å². The fourth-order valence-electron chi connectivity index (χ4n) is 3.34. The van der Waals surface area contributed by atoms with Gasteiger partial charge in [-0.05, 0) is 93.8 Å². The maximum Gasteiger partial charge on any atom is 0.293 e. The summed E-state index contributed by atoms with van der Waals surface area (Å²) >= 11 is 16.3. The molecule has 0 aromatic heterocycles. The molecule has 0 atom stereocenters. The normalized spacial score (nSPS) is 14.4. The van der Waals surface area contributed by atoms with E-state index in [-0.39, 0.29) is 29.0 Å². The van der Waals surface area contributed by atoms with Gasteiger partial charge in [-0.15, -0.1) is 0 Å². The van der Waals surface area contributed by atoms with Gasteiger partial charge in [0, 0.05) is 15.7 Å². The van der Waals surface area contributed by atoms with Crippen LogP contribution in [0.3, 0.4) is 0 Å². The Morgan fingerprint density at radius 1 is 1.11 bits per heavy atom. The van der Waals surface area contributed by atoms with Gasteiger partial charge in [-0.3, -0.25) is 19.3 Å². The molecule has 1 aliphatic heterocycles. The Morgan fingerprint density at radius 3 is 2.59 bits per heavy atom. The van der Waals surface area contributed by atoms with Crippen molar-refractivity contribution in [1.29, 1.82) is 0 Å².